The van der Waals surface area contributed by atoms with E-state index in [4.69, 9.17) is 0 Å². The van der Waals surface area contributed by atoms with E-state index in [1.807, 2.05) is 0 Å². The molecule has 0 atom stereocenters. The van der Waals surface area contributed by atoms with Crippen LogP contribution < -0.4 is 0 Å². The molecule has 0 radical (unpaired) electrons. The van der Waals surface area contributed by atoms with E-state index in [-0.39, 0.29) is 5.03 Å². The fourth-order valence-electron chi connectivity index (χ4n) is 0.498. The molecule has 1 aromatic heterocycles. The van der Waals surface area contributed by atoms with Gasteiger partial charge in [0.05, 0.1) is 0 Å². The van der Waals surface area contributed by atoms with Gasteiger partial charge in [0.15, 0.2) is 14.9 Å². The number of rotatable bonds is 1. The molecule has 0 aliphatic carbocycles. The molecule has 0 amide bonds. The van der Waals surface area contributed by atoms with Crippen LogP contribution in [0.25, 0.3) is 0 Å². The maximum atomic E-state index is 10.7. The van der Waals surface area contributed by atoms with Crippen molar-refractivity contribution in [3.05, 3.63) is 18.6 Å². The van der Waals surface area contributed by atoms with Crippen LogP contribution >= 0.6 is 0 Å². The highest BCUT2D eigenvalue weighted by Gasteiger charge is 2.05. The lowest BCUT2D eigenvalue weighted by molar-refractivity contribution is 0.598. The van der Waals surface area contributed by atoms with Crippen molar-refractivity contribution in [1.29, 1.82) is 0 Å². The standard InChI is InChI=1S/C5H6N2O2S/c1-10(8,9)5-2-3-6-4-7-5/h2-4H,1H3. The molecule has 1 aromatic rings. The summed E-state index contributed by atoms with van der Waals surface area (Å²) in [6.07, 6.45) is 3.70. The van der Waals surface area contributed by atoms with Crippen LogP contribution in [0.2, 0.25) is 0 Å². The van der Waals surface area contributed by atoms with Crippen molar-refractivity contribution in [2.45, 2.75) is 5.03 Å². The second-order valence-electron chi connectivity index (χ2n) is 1.82. The fraction of sp³-hybridized carbons (Fsp3) is 0.200. The summed E-state index contributed by atoms with van der Waals surface area (Å²) < 4.78 is 21.5. The first-order valence-electron chi connectivity index (χ1n) is 2.57. The molecule has 0 N–H and O–H groups in total. The van der Waals surface area contributed by atoms with Gasteiger partial charge >= 0.3 is 0 Å². The predicted molar refractivity (Wildman–Crippen MR) is 35.1 cm³/mol. The maximum absolute atomic E-state index is 10.7. The largest absolute Gasteiger partial charge is 0.245 e. The van der Waals surface area contributed by atoms with E-state index in [0.717, 1.165) is 6.26 Å². The van der Waals surface area contributed by atoms with Crippen molar-refractivity contribution in [3.63, 3.8) is 0 Å². The highest BCUT2D eigenvalue weighted by atomic mass is 32.2. The molecule has 0 unspecified atom stereocenters. The summed E-state index contributed by atoms with van der Waals surface area (Å²) in [5, 5.41) is 0.0579. The van der Waals surface area contributed by atoms with Crippen molar-refractivity contribution in [3.8, 4) is 0 Å². The monoisotopic (exact) mass is 158 g/mol. The molecule has 0 bridgehead atoms. The minimum Gasteiger partial charge on any atom is -0.245 e. The van der Waals surface area contributed by atoms with Crippen molar-refractivity contribution in [2.24, 2.45) is 0 Å². The van der Waals surface area contributed by atoms with E-state index >= 15 is 0 Å². The van der Waals surface area contributed by atoms with Crippen LogP contribution in [0.4, 0.5) is 0 Å². The van der Waals surface area contributed by atoms with Crippen LogP contribution in [-0.2, 0) is 9.84 Å². The van der Waals surface area contributed by atoms with Gasteiger partial charge in [-0.1, -0.05) is 0 Å². The molecule has 4 nitrogen and oxygen atoms in total. The average Bonchev–Trinajstić information content (AvgIpc) is 1.88. The number of hydrogen-bond donors (Lipinski definition) is 0. The third-order valence-corrected chi connectivity index (χ3v) is 1.94. The van der Waals surface area contributed by atoms with E-state index in [0.29, 0.717) is 0 Å². The molecule has 5 heteroatoms. The number of aromatic nitrogens is 2. The lowest BCUT2D eigenvalue weighted by Crippen LogP contribution is -1.99. The SMILES string of the molecule is CS(=O)(=O)c1ccncn1. The molecule has 0 saturated heterocycles. The average molecular weight is 158 g/mol. The first-order valence-corrected chi connectivity index (χ1v) is 4.46. The Morgan fingerprint density at radius 1 is 1.50 bits per heavy atom. The minimum absolute atomic E-state index is 0.0579. The normalized spacial score (nSPS) is 11.3. The van der Waals surface area contributed by atoms with E-state index in [1.165, 1.54) is 18.6 Å². The van der Waals surface area contributed by atoms with Gasteiger partial charge in [-0.2, -0.15) is 0 Å². The van der Waals surface area contributed by atoms with Gasteiger partial charge in [0.25, 0.3) is 0 Å². The van der Waals surface area contributed by atoms with Crippen LogP contribution in [-0.4, -0.2) is 24.6 Å². The van der Waals surface area contributed by atoms with Gasteiger partial charge in [0.1, 0.15) is 6.33 Å². The smallest absolute Gasteiger partial charge is 0.192 e. The van der Waals surface area contributed by atoms with Crippen LogP contribution in [0.15, 0.2) is 23.6 Å². The maximum Gasteiger partial charge on any atom is 0.192 e. The Kier molecular flexibility index (Phi) is 1.67. The van der Waals surface area contributed by atoms with Crippen LogP contribution in [0, 0.1) is 0 Å². The van der Waals surface area contributed by atoms with Gasteiger partial charge in [-0.05, 0) is 6.07 Å². The molecule has 54 valence electrons. The molecule has 1 rings (SSSR count). The van der Waals surface area contributed by atoms with E-state index in [1.54, 1.807) is 0 Å². The summed E-state index contributed by atoms with van der Waals surface area (Å²) in [6, 6.07) is 1.36. The fourth-order valence-corrected chi connectivity index (χ4v) is 1.04. The summed E-state index contributed by atoms with van der Waals surface area (Å²) in [5.41, 5.74) is 0. The number of sulfone groups is 1. The zero-order valence-electron chi connectivity index (χ0n) is 5.35. The second-order valence-corrected chi connectivity index (χ2v) is 3.78. The Hall–Kier alpha value is -0.970. The summed E-state index contributed by atoms with van der Waals surface area (Å²) in [5.74, 6) is 0. The predicted octanol–water partition coefficient (Wildman–Crippen LogP) is -0.120. The summed E-state index contributed by atoms with van der Waals surface area (Å²) in [4.78, 5) is 7.13. The summed E-state index contributed by atoms with van der Waals surface area (Å²) in [7, 11) is -3.15. The first kappa shape index (κ1) is 7.14. The highest BCUT2D eigenvalue weighted by molar-refractivity contribution is 7.90. The first-order chi connectivity index (χ1) is 4.61. The van der Waals surface area contributed by atoms with Crippen molar-refractivity contribution in [1.82, 2.24) is 9.97 Å². The molecule has 0 spiro atoms. The lowest BCUT2D eigenvalue weighted by atomic mass is 10.7. The molecule has 0 aliphatic heterocycles. The number of nitrogens with zero attached hydrogens (tertiary/aromatic N) is 2. The molecular weight excluding hydrogens is 152 g/mol. The van der Waals surface area contributed by atoms with Crippen molar-refractivity contribution < 1.29 is 8.42 Å². The Balaban J connectivity index is 3.22. The lowest BCUT2D eigenvalue weighted by Gasteiger charge is -1.91. The van der Waals surface area contributed by atoms with Gasteiger partial charge in [0.2, 0.25) is 0 Å². The van der Waals surface area contributed by atoms with Gasteiger partial charge in [-0.3, -0.25) is 0 Å². The van der Waals surface area contributed by atoms with E-state index in [2.05, 4.69) is 9.97 Å². The van der Waals surface area contributed by atoms with Gasteiger partial charge in [0, 0.05) is 12.5 Å². The second kappa shape index (κ2) is 2.34. The van der Waals surface area contributed by atoms with Crippen molar-refractivity contribution in [2.75, 3.05) is 6.26 Å². The third kappa shape index (κ3) is 1.51. The Labute approximate surface area is 58.9 Å². The van der Waals surface area contributed by atoms with E-state index in [9.17, 15) is 8.42 Å². The molecule has 1 heterocycles. The van der Waals surface area contributed by atoms with Crippen LogP contribution in [0.5, 0.6) is 0 Å². The van der Waals surface area contributed by atoms with Gasteiger partial charge in [-0.15, -0.1) is 0 Å². The van der Waals surface area contributed by atoms with Gasteiger partial charge in [-0.25, -0.2) is 18.4 Å². The van der Waals surface area contributed by atoms with Gasteiger partial charge < -0.3 is 0 Å². The van der Waals surface area contributed by atoms with Crippen LogP contribution in [0.3, 0.4) is 0 Å². The minimum atomic E-state index is -3.15. The molecule has 0 fully saturated rings. The summed E-state index contributed by atoms with van der Waals surface area (Å²) in [6.45, 7) is 0. The van der Waals surface area contributed by atoms with E-state index < -0.39 is 9.84 Å². The zero-order valence-corrected chi connectivity index (χ0v) is 6.17. The van der Waals surface area contributed by atoms with Crippen molar-refractivity contribution >= 4 is 9.84 Å². The third-order valence-electron chi connectivity index (χ3n) is 0.935. The molecule has 0 aliphatic rings. The Bertz CT molecular complexity index is 306. The molecule has 0 aromatic carbocycles. The molecule has 10 heavy (non-hydrogen) atoms. The zero-order chi connectivity index (χ0) is 7.61. The molecular formula is C5H6N2O2S. The Morgan fingerprint density at radius 2 is 2.20 bits per heavy atom. The Morgan fingerprint density at radius 3 is 2.50 bits per heavy atom. The summed E-state index contributed by atoms with van der Waals surface area (Å²) >= 11 is 0. The topological polar surface area (TPSA) is 59.9 Å². The quantitative estimate of drug-likeness (QED) is 0.534. The highest BCUT2D eigenvalue weighted by Crippen LogP contribution is 1.99. The molecule has 0 saturated carbocycles. The number of hydrogen-bond acceptors (Lipinski definition) is 4. The van der Waals surface area contributed by atoms with Crippen LogP contribution in [0.1, 0.15) is 0 Å².